The monoisotopic (exact) mass is 492 g/mol. The minimum absolute atomic E-state index is 0.312. The van der Waals surface area contributed by atoms with Crippen molar-refractivity contribution < 1.29 is 0 Å². The van der Waals surface area contributed by atoms with Crippen LogP contribution in [0.3, 0.4) is 0 Å². The van der Waals surface area contributed by atoms with Gasteiger partial charge in [-0.3, -0.25) is 19.8 Å². The molecule has 6 aromatic rings. The van der Waals surface area contributed by atoms with Crippen LogP contribution in [-0.4, -0.2) is 10.2 Å². The molecule has 182 valence electrons. The van der Waals surface area contributed by atoms with Gasteiger partial charge in [0.15, 0.2) is 0 Å². The Bertz CT molecular complexity index is 1830. The SMILES string of the molecule is O=c1[nH][nH]c(=O)c2cc(-c3ccc(C(=C(c4ccccc4)c4ccccc4)c4ccccc4)cc3)ccc12. The van der Waals surface area contributed by atoms with Crippen molar-refractivity contribution in [2.75, 3.05) is 0 Å². The molecule has 0 saturated carbocycles. The van der Waals surface area contributed by atoms with Crippen molar-refractivity contribution in [2.24, 2.45) is 0 Å². The van der Waals surface area contributed by atoms with Crippen LogP contribution in [0, 0.1) is 0 Å². The van der Waals surface area contributed by atoms with Gasteiger partial charge in [-0.2, -0.15) is 0 Å². The quantitative estimate of drug-likeness (QED) is 0.257. The average molecular weight is 493 g/mol. The van der Waals surface area contributed by atoms with E-state index in [0.29, 0.717) is 10.8 Å². The summed E-state index contributed by atoms with van der Waals surface area (Å²) in [6.45, 7) is 0. The van der Waals surface area contributed by atoms with E-state index < -0.39 is 0 Å². The summed E-state index contributed by atoms with van der Waals surface area (Å²) < 4.78 is 0. The number of nitrogens with one attached hydrogen (secondary N) is 2. The smallest absolute Gasteiger partial charge is 0.267 e. The van der Waals surface area contributed by atoms with E-state index in [9.17, 15) is 9.59 Å². The molecule has 0 aliphatic heterocycles. The molecule has 0 saturated heterocycles. The van der Waals surface area contributed by atoms with Gasteiger partial charge in [0.05, 0.1) is 10.8 Å². The highest BCUT2D eigenvalue weighted by molar-refractivity contribution is 6.04. The Hall–Kier alpha value is -5.22. The summed E-state index contributed by atoms with van der Waals surface area (Å²) in [4.78, 5) is 24.4. The average Bonchev–Trinajstić information content (AvgIpc) is 2.99. The topological polar surface area (TPSA) is 65.7 Å². The molecule has 1 aromatic heterocycles. The number of rotatable bonds is 5. The van der Waals surface area contributed by atoms with E-state index in [2.05, 4.69) is 107 Å². The molecule has 1 heterocycles. The summed E-state index contributed by atoms with van der Waals surface area (Å²) in [6.07, 6.45) is 0. The molecule has 0 aliphatic rings. The standard InChI is InChI=1S/C34H24N2O2/c37-33-29-21-20-28(22-30(29)34(38)36-35-33)23-16-18-27(19-17-23)32(26-14-8-3-9-15-26)31(24-10-4-1-5-11-24)25-12-6-2-7-13-25/h1-22H,(H,35,37)(H,36,38). The van der Waals surface area contributed by atoms with Gasteiger partial charge in [0, 0.05) is 0 Å². The van der Waals surface area contributed by atoms with E-state index in [-0.39, 0.29) is 11.1 Å². The van der Waals surface area contributed by atoms with Crippen molar-refractivity contribution in [1.82, 2.24) is 10.2 Å². The van der Waals surface area contributed by atoms with E-state index in [1.807, 2.05) is 24.3 Å². The molecule has 0 aliphatic carbocycles. The number of fused-ring (bicyclic) bond motifs is 1. The third kappa shape index (κ3) is 4.40. The summed E-state index contributed by atoms with van der Waals surface area (Å²) in [5.41, 5.74) is 7.98. The predicted octanol–water partition coefficient (Wildman–Crippen LogP) is 6.89. The fourth-order valence-corrected chi connectivity index (χ4v) is 4.91. The van der Waals surface area contributed by atoms with Crippen molar-refractivity contribution in [3.05, 3.63) is 176 Å². The number of aromatic amines is 2. The molecule has 2 N–H and O–H groups in total. The van der Waals surface area contributed by atoms with Crippen LogP contribution >= 0.6 is 0 Å². The van der Waals surface area contributed by atoms with Gasteiger partial charge in [0.2, 0.25) is 0 Å². The lowest BCUT2D eigenvalue weighted by atomic mass is 9.85. The predicted molar refractivity (Wildman–Crippen MR) is 155 cm³/mol. The van der Waals surface area contributed by atoms with Crippen LogP contribution in [0.25, 0.3) is 33.0 Å². The van der Waals surface area contributed by atoms with Gasteiger partial charge in [0.25, 0.3) is 11.1 Å². The summed E-state index contributed by atoms with van der Waals surface area (Å²) >= 11 is 0. The lowest BCUT2D eigenvalue weighted by Crippen LogP contribution is -2.18. The molecule has 0 bridgehead atoms. The second-order valence-corrected chi connectivity index (χ2v) is 9.09. The molecule has 0 spiro atoms. The second-order valence-electron chi connectivity index (χ2n) is 9.09. The van der Waals surface area contributed by atoms with Crippen molar-refractivity contribution in [3.63, 3.8) is 0 Å². The van der Waals surface area contributed by atoms with Crippen LogP contribution < -0.4 is 11.1 Å². The van der Waals surface area contributed by atoms with E-state index in [0.717, 1.165) is 44.5 Å². The highest BCUT2D eigenvalue weighted by Gasteiger charge is 2.16. The maximum absolute atomic E-state index is 12.3. The van der Waals surface area contributed by atoms with E-state index in [1.54, 1.807) is 12.1 Å². The van der Waals surface area contributed by atoms with Gasteiger partial charge in [0.1, 0.15) is 0 Å². The van der Waals surface area contributed by atoms with Crippen molar-refractivity contribution in [1.29, 1.82) is 0 Å². The van der Waals surface area contributed by atoms with Crippen molar-refractivity contribution >= 4 is 21.9 Å². The third-order valence-electron chi connectivity index (χ3n) is 6.74. The first-order valence-corrected chi connectivity index (χ1v) is 12.4. The highest BCUT2D eigenvalue weighted by Crippen LogP contribution is 2.37. The fraction of sp³-hybridized carbons (Fsp3) is 0. The van der Waals surface area contributed by atoms with Crippen LogP contribution in [0.15, 0.2) is 143 Å². The van der Waals surface area contributed by atoms with Crippen LogP contribution in [0.1, 0.15) is 22.3 Å². The normalized spacial score (nSPS) is 10.8. The van der Waals surface area contributed by atoms with Crippen LogP contribution in [0.5, 0.6) is 0 Å². The van der Waals surface area contributed by atoms with Crippen molar-refractivity contribution in [2.45, 2.75) is 0 Å². The molecule has 0 unspecified atom stereocenters. The molecule has 0 radical (unpaired) electrons. The Morgan fingerprint density at radius 3 is 1.26 bits per heavy atom. The molecular weight excluding hydrogens is 468 g/mol. The zero-order valence-corrected chi connectivity index (χ0v) is 20.5. The Balaban J connectivity index is 1.55. The molecule has 4 nitrogen and oxygen atoms in total. The van der Waals surface area contributed by atoms with Crippen LogP contribution in [-0.2, 0) is 0 Å². The first kappa shape index (κ1) is 23.2. The summed E-state index contributed by atoms with van der Waals surface area (Å²) in [5.74, 6) is 0. The molecule has 4 heteroatoms. The number of hydrogen-bond donors (Lipinski definition) is 2. The fourth-order valence-electron chi connectivity index (χ4n) is 4.91. The van der Waals surface area contributed by atoms with Crippen molar-refractivity contribution in [3.8, 4) is 11.1 Å². The third-order valence-corrected chi connectivity index (χ3v) is 6.74. The second kappa shape index (κ2) is 10.0. The minimum Gasteiger partial charge on any atom is -0.267 e. The van der Waals surface area contributed by atoms with Gasteiger partial charge in [-0.15, -0.1) is 0 Å². The highest BCUT2D eigenvalue weighted by atomic mass is 16.1. The molecule has 5 aromatic carbocycles. The Kier molecular flexibility index (Phi) is 6.12. The summed E-state index contributed by atoms with van der Waals surface area (Å²) in [6, 6.07) is 45.1. The number of H-pyrrole nitrogens is 2. The zero-order chi connectivity index (χ0) is 25.9. The molecule has 0 fully saturated rings. The number of hydrogen-bond acceptors (Lipinski definition) is 2. The lowest BCUT2D eigenvalue weighted by molar-refractivity contribution is 0.976. The summed E-state index contributed by atoms with van der Waals surface area (Å²) in [5, 5.41) is 5.53. The molecule has 0 atom stereocenters. The number of benzene rings is 5. The van der Waals surface area contributed by atoms with Gasteiger partial charge in [-0.25, -0.2) is 0 Å². The first-order valence-electron chi connectivity index (χ1n) is 12.4. The largest absolute Gasteiger partial charge is 0.270 e. The molecule has 38 heavy (non-hydrogen) atoms. The minimum atomic E-state index is -0.317. The maximum Gasteiger partial charge on any atom is 0.270 e. The summed E-state index contributed by atoms with van der Waals surface area (Å²) in [7, 11) is 0. The molecular formula is C34H24N2O2. The Morgan fingerprint density at radius 1 is 0.395 bits per heavy atom. The van der Waals surface area contributed by atoms with Crippen LogP contribution in [0.2, 0.25) is 0 Å². The van der Waals surface area contributed by atoms with Gasteiger partial charge in [-0.1, -0.05) is 121 Å². The molecule has 0 amide bonds. The Labute approximate surface area is 219 Å². The zero-order valence-electron chi connectivity index (χ0n) is 20.5. The van der Waals surface area contributed by atoms with E-state index in [1.165, 1.54) is 0 Å². The Morgan fingerprint density at radius 2 is 0.789 bits per heavy atom. The first-order chi connectivity index (χ1) is 18.7. The van der Waals surface area contributed by atoms with Gasteiger partial charge >= 0.3 is 0 Å². The number of aromatic nitrogens is 2. The lowest BCUT2D eigenvalue weighted by Gasteiger charge is -2.18. The van der Waals surface area contributed by atoms with Gasteiger partial charge in [-0.05, 0) is 56.7 Å². The van der Waals surface area contributed by atoms with E-state index in [4.69, 9.17) is 0 Å². The van der Waals surface area contributed by atoms with Gasteiger partial charge < -0.3 is 0 Å². The van der Waals surface area contributed by atoms with Crippen LogP contribution in [0.4, 0.5) is 0 Å². The maximum atomic E-state index is 12.3. The molecule has 6 rings (SSSR count). The van der Waals surface area contributed by atoms with E-state index >= 15 is 0 Å².